The fraction of sp³-hybridized carbons (Fsp3) is 0.800. The van der Waals surface area contributed by atoms with Gasteiger partial charge in [-0.15, -0.1) is 0 Å². The summed E-state index contributed by atoms with van der Waals surface area (Å²) in [5.41, 5.74) is 11.3. The monoisotopic (exact) mass is 338 g/mol. The molecule has 0 aliphatic heterocycles. The predicted molar refractivity (Wildman–Crippen MR) is 108 cm³/mol. The van der Waals surface area contributed by atoms with Crippen LogP contribution in [0.3, 0.4) is 0 Å². The van der Waals surface area contributed by atoms with E-state index in [-0.39, 0.29) is 0 Å². The highest BCUT2D eigenvalue weighted by Crippen LogP contribution is 2.02. The van der Waals surface area contributed by atoms with Crippen LogP contribution in [0.1, 0.15) is 52.4 Å². The van der Waals surface area contributed by atoms with Crippen LogP contribution in [0, 0.1) is 0 Å². The molecule has 0 rings (SSSR count). The normalized spacial score (nSPS) is 12.4. The minimum Gasteiger partial charge on any atom is -0.330 e. The quantitative estimate of drug-likeness (QED) is 0.316. The molecular formula is C20H42N4. The molecule has 0 saturated carbocycles. The van der Waals surface area contributed by atoms with Crippen molar-refractivity contribution >= 4 is 0 Å². The third kappa shape index (κ3) is 14.9. The molecule has 24 heavy (non-hydrogen) atoms. The Morgan fingerprint density at radius 3 is 1.29 bits per heavy atom. The van der Waals surface area contributed by atoms with Crippen molar-refractivity contribution in [3.63, 3.8) is 0 Å². The molecule has 0 atom stereocenters. The highest BCUT2D eigenvalue weighted by molar-refractivity contribution is 4.85. The van der Waals surface area contributed by atoms with E-state index in [2.05, 4.69) is 48.0 Å². The van der Waals surface area contributed by atoms with E-state index in [1.54, 1.807) is 0 Å². The number of allylic oxidation sites excluding steroid dienone is 2. The first-order valence-corrected chi connectivity index (χ1v) is 9.93. The summed E-state index contributed by atoms with van der Waals surface area (Å²) in [5.74, 6) is 0. The van der Waals surface area contributed by atoms with Crippen molar-refractivity contribution < 1.29 is 0 Å². The first-order valence-electron chi connectivity index (χ1n) is 9.93. The third-order valence-corrected chi connectivity index (χ3v) is 4.09. The molecule has 0 heterocycles. The van der Waals surface area contributed by atoms with E-state index in [0.717, 1.165) is 65.0 Å². The van der Waals surface area contributed by atoms with Gasteiger partial charge in [0.2, 0.25) is 0 Å². The van der Waals surface area contributed by atoms with Crippen LogP contribution in [0.25, 0.3) is 0 Å². The Labute approximate surface area is 150 Å². The van der Waals surface area contributed by atoms with Crippen LogP contribution in [0.4, 0.5) is 0 Å². The number of hydrogen-bond acceptors (Lipinski definition) is 4. The van der Waals surface area contributed by atoms with Crippen molar-refractivity contribution in [3.8, 4) is 0 Å². The van der Waals surface area contributed by atoms with Gasteiger partial charge >= 0.3 is 0 Å². The molecule has 142 valence electrons. The van der Waals surface area contributed by atoms with Crippen LogP contribution < -0.4 is 11.5 Å². The third-order valence-electron chi connectivity index (χ3n) is 4.09. The topological polar surface area (TPSA) is 58.5 Å². The Balaban J connectivity index is 4.08. The summed E-state index contributed by atoms with van der Waals surface area (Å²) in [7, 11) is 0. The highest BCUT2D eigenvalue weighted by atomic mass is 15.1. The van der Waals surface area contributed by atoms with Gasteiger partial charge in [-0.2, -0.15) is 0 Å². The zero-order chi connectivity index (χ0) is 17.9. The Morgan fingerprint density at radius 2 is 0.958 bits per heavy atom. The summed E-state index contributed by atoms with van der Waals surface area (Å²) in [5, 5.41) is 0. The summed E-state index contributed by atoms with van der Waals surface area (Å²) in [6, 6.07) is 0. The van der Waals surface area contributed by atoms with Gasteiger partial charge in [0.15, 0.2) is 0 Å². The van der Waals surface area contributed by atoms with E-state index in [1.165, 1.54) is 25.9 Å². The Bertz CT molecular complexity index is 272. The molecule has 0 unspecified atom stereocenters. The Hall–Kier alpha value is -0.680. The van der Waals surface area contributed by atoms with E-state index in [1.807, 2.05) is 0 Å². The van der Waals surface area contributed by atoms with Crippen LogP contribution in [0.5, 0.6) is 0 Å². The average molecular weight is 339 g/mol. The minimum atomic E-state index is 0.782. The molecule has 0 amide bonds. The minimum absolute atomic E-state index is 0.782. The number of nitrogens with two attached hydrogens (primary N) is 2. The fourth-order valence-electron chi connectivity index (χ4n) is 2.67. The zero-order valence-electron chi connectivity index (χ0n) is 16.3. The fourth-order valence-corrected chi connectivity index (χ4v) is 2.67. The van der Waals surface area contributed by atoms with Gasteiger partial charge in [0.25, 0.3) is 0 Å². The SMILES string of the molecule is CCC=CCN(CCCN)CCCCN(CC=CCC)CCCN. The number of unbranched alkanes of at least 4 members (excludes halogenated alkanes) is 1. The molecule has 4 N–H and O–H groups in total. The first-order chi connectivity index (χ1) is 11.8. The van der Waals surface area contributed by atoms with Gasteiger partial charge in [0.1, 0.15) is 0 Å². The standard InChI is InChI=1S/C20H42N4/c1-3-5-7-15-23(19-11-13-21)17-9-10-18-24(20-12-14-22)16-8-6-4-2/h5-8H,3-4,9-22H2,1-2H3. The first kappa shape index (κ1) is 23.3. The summed E-state index contributed by atoms with van der Waals surface area (Å²) in [6.07, 6.45) is 16.0. The van der Waals surface area contributed by atoms with Crippen LogP contribution in [-0.4, -0.2) is 62.2 Å². The van der Waals surface area contributed by atoms with Crippen LogP contribution in [-0.2, 0) is 0 Å². The summed E-state index contributed by atoms with van der Waals surface area (Å²) in [4.78, 5) is 5.06. The second-order valence-corrected chi connectivity index (χ2v) is 6.35. The van der Waals surface area contributed by atoms with Crippen LogP contribution in [0.2, 0.25) is 0 Å². The van der Waals surface area contributed by atoms with E-state index < -0.39 is 0 Å². The van der Waals surface area contributed by atoms with Crippen molar-refractivity contribution in [2.45, 2.75) is 52.4 Å². The second-order valence-electron chi connectivity index (χ2n) is 6.35. The van der Waals surface area contributed by atoms with Gasteiger partial charge in [-0.1, -0.05) is 38.2 Å². The lowest BCUT2D eigenvalue weighted by atomic mass is 10.2. The van der Waals surface area contributed by atoms with Gasteiger partial charge in [0.05, 0.1) is 0 Å². The zero-order valence-corrected chi connectivity index (χ0v) is 16.3. The van der Waals surface area contributed by atoms with Crippen LogP contribution in [0.15, 0.2) is 24.3 Å². The maximum Gasteiger partial charge on any atom is 0.0163 e. The molecular weight excluding hydrogens is 296 g/mol. The maximum atomic E-state index is 5.66. The van der Waals surface area contributed by atoms with Gasteiger partial charge in [-0.05, 0) is 77.8 Å². The van der Waals surface area contributed by atoms with E-state index >= 15 is 0 Å². The van der Waals surface area contributed by atoms with Gasteiger partial charge in [-0.3, -0.25) is 9.80 Å². The Kier molecular flexibility index (Phi) is 18.1. The highest BCUT2D eigenvalue weighted by Gasteiger charge is 2.05. The molecule has 4 nitrogen and oxygen atoms in total. The largest absolute Gasteiger partial charge is 0.330 e. The summed E-state index contributed by atoms with van der Waals surface area (Å²) < 4.78 is 0. The van der Waals surface area contributed by atoms with E-state index in [9.17, 15) is 0 Å². The molecule has 0 fully saturated rings. The molecule has 0 aromatic heterocycles. The smallest absolute Gasteiger partial charge is 0.0163 e. The number of rotatable bonds is 17. The lowest BCUT2D eigenvalue weighted by molar-refractivity contribution is 0.263. The molecule has 0 aliphatic rings. The lowest BCUT2D eigenvalue weighted by Crippen LogP contribution is -2.30. The van der Waals surface area contributed by atoms with Crippen molar-refractivity contribution in [2.75, 3.05) is 52.4 Å². The van der Waals surface area contributed by atoms with E-state index in [4.69, 9.17) is 11.5 Å². The lowest BCUT2D eigenvalue weighted by Gasteiger charge is -2.23. The number of hydrogen-bond donors (Lipinski definition) is 2. The molecule has 0 aromatic carbocycles. The molecule has 4 heteroatoms. The summed E-state index contributed by atoms with van der Waals surface area (Å²) >= 11 is 0. The predicted octanol–water partition coefficient (Wildman–Crippen LogP) is 3.00. The van der Waals surface area contributed by atoms with Crippen molar-refractivity contribution in [3.05, 3.63) is 24.3 Å². The van der Waals surface area contributed by atoms with Crippen LogP contribution >= 0.6 is 0 Å². The Morgan fingerprint density at radius 1 is 0.583 bits per heavy atom. The van der Waals surface area contributed by atoms with Gasteiger partial charge < -0.3 is 11.5 Å². The van der Waals surface area contributed by atoms with E-state index in [0.29, 0.717) is 0 Å². The number of nitrogens with zero attached hydrogens (tertiary/aromatic N) is 2. The molecule has 0 bridgehead atoms. The van der Waals surface area contributed by atoms with Gasteiger partial charge in [0, 0.05) is 13.1 Å². The van der Waals surface area contributed by atoms with Crippen molar-refractivity contribution in [1.29, 1.82) is 0 Å². The summed E-state index contributed by atoms with van der Waals surface area (Å²) in [6.45, 7) is 12.6. The van der Waals surface area contributed by atoms with Crippen molar-refractivity contribution in [2.24, 2.45) is 11.5 Å². The van der Waals surface area contributed by atoms with Gasteiger partial charge in [-0.25, -0.2) is 0 Å². The molecule has 0 spiro atoms. The molecule has 0 aliphatic carbocycles. The molecule has 0 saturated heterocycles. The molecule has 0 radical (unpaired) electrons. The van der Waals surface area contributed by atoms with Crippen molar-refractivity contribution in [1.82, 2.24) is 9.80 Å². The average Bonchev–Trinajstić information content (AvgIpc) is 2.60. The maximum absolute atomic E-state index is 5.66. The second kappa shape index (κ2) is 18.7. The molecule has 0 aromatic rings.